The average Bonchev–Trinajstić information content (AvgIpc) is 2.48. The highest BCUT2D eigenvalue weighted by molar-refractivity contribution is 5.93. The number of piperidine rings is 1. The minimum absolute atomic E-state index is 0.0620. The molecule has 2 heterocycles. The zero-order valence-corrected chi connectivity index (χ0v) is 11.4. The van der Waals surface area contributed by atoms with Crippen molar-refractivity contribution in [2.45, 2.75) is 25.7 Å². The Labute approximate surface area is 117 Å². The van der Waals surface area contributed by atoms with E-state index in [0.717, 1.165) is 25.9 Å². The third kappa shape index (κ3) is 3.69. The van der Waals surface area contributed by atoms with Crippen LogP contribution in [0.5, 0.6) is 0 Å². The molecule has 0 aromatic carbocycles. The summed E-state index contributed by atoms with van der Waals surface area (Å²) in [6, 6.07) is 1.30. The molecule has 6 heteroatoms. The maximum absolute atomic E-state index is 11.9. The maximum Gasteiger partial charge on any atom is 0.256 e. The van der Waals surface area contributed by atoms with E-state index in [9.17, 15) is 14.4 Å². The summed E-state index contributed by atoms with van der Waals surface area (Å²) in [5.41, 5.74) is -0.262. The van der Waals surface area contributed by atoms with Crippen molar-refractivity contribution < 1.29 is 9.59 Å². The van der Waals surface area contributed by atoms with Gasteiger partial charge in [-0.3, -0.25) is 14.4 Å². The number of aromatic nitrogens is 1. The Bertz CT molecular complexity index is 532. The summed E-state index contributed by atoms with van der Waals surface area (Å²) in [5.74, 6) is -0.384. The minimum atomic E-state index is -0.446. The van der Waals surface area contributed by atoms with Crippen molar-refractivity contribution in [3.05, 3.63) is 34.2 Å². The van der Waals surface area contributed by atoms with Gasteiger partial charge in [-0.2, -0.15) is 0 Å². The van der Waals surface area contributed by atoms with Crippen LogP contribution >= 0.6 is 0 Å². The Morgan fingerprint density at radius 2 is 2.00 bits per heavy atom. The maximum atomic E-state index is 11.9. The molecule has 0 aliphatic carbocycles. The normalized spacial score (nSPS) is 14.9. The second-order valence-corrected chi connectivity index (χ2v) is 4.87. The fourth-order valence-electron chi connectivity index (χ4n) is 2.27. The van der Waals surface area contributed by atoms with Crippen LogP contribution in [-0.4, -0.2) is 41.3 Å². The van der Waals surface area contributed by atoms with Gasteiger partial charge in [0.25, 0.3) is 5.91 Å². The molecular weight excluding hydrogens is 258 g/mol. The van der Waals surface area contributed by atoms with Crippen LogP contribution in [0, 0.1) is 0 Å². The zero-order chi connectivity index (χ0) is 14.4. The van der Waals surface area contributed by atoms with Gasteiger partial charge < -0.3 is 15.2 Å². The topological polar surface area (TPSA) is 82.3 Å². The fourth-order valence-corrected chi connectivity index (χ4v) is 2.27. The van der Waals surface area contributed by atoms with E-state index in [0.29, 0.717) is 0 Å². The molecule has 1 aliphatic rings. The summed E-state index contributed by atoms with van der Waals surface area (Å²) in [6.07, 6.45) is 6.39. The van der Waals surface area contributed by atoms with Crippen LogP contribution in [0.2, 0.25) is 0 Å². The second kappa shape index (κ2) is 6.88. The molecular formula is C14H19N3O3. The van der Waals surface area contributed by atoms with Crippen molar-refractivity contribution in [1.82, 2.24) is 15.2 Å². The molecule has 2 amide bonds. The number of carbonyl (C=O) groups excluding carboxylic acids is 2. The summed E-state index contributed by atoms with van der Waals surface area (Å²) in [7, 11) is 0. The Kier molecular flexibility index (Phi) is 4.92. The first-order valence-corrected chi connectivity index (χ1v) is 6.91. The lowest BCUT2D eigenvalue weighted by Crippen LogP contribution is -2.38. The van der Waals surface area contributed by atoms with Crippen molar-refractivity contribution in [2.24, 2.45) is 0 Å². The molecule has 0 bridgehead atoms. The Balaban J connectivity index is 1.78. The lowest BCUT2D eigenvalue weighted by Gasteiger charge is -2.26. The number of hydrogen-bond acceptors (Lipinski definition) is 3. The fraction of sp³-hybridized carbons (Fsp3) is 0.500. The number of carbonyl (C=O) groups is 2. The Hall–Kier alpha value is -2.11. The number of nitrogens with one attached hydrogen (secondary N) is 2. The van der Waals surface area contributed by atoms with E-state index >= 15 is 0 Å². The standard InChI is InChI=1S/C14H19N3O3/c18-12-4-6-15-10-11(12)14(20)16-7-5-13(19)17-8-2-1-3-9-17/h4,6,10H,1-3,5,7-9H2,(H,15,18)(H,16,20). The summed E-state index contributed by atoms with van der Waals surface area (Å²) >= 11 is 0. The van der Waals surface area contributed by atoms with E-state index in [4.69, 9.17) is 0 Å². The molecule has 0 spiro atoms. The molecule has 0 radical (unpaired) electrons. The van der Waals surface area contributed by atoms with Crippen LogP contribution in [-0.2, 0) is 4.79 Å². The molecule has 20 heavy (non-hydrogen) atoms. The van der Waals surface area contributed by atoms with Gasteiger partial charge in [0.15, 0.2) is 5.43 Å². The highest BCUT2D eigenvalue weighted by atomic mass is 16.2. The quantitative estimate of drug-likeness (QED) is 0.841. The van der Waals surface area contributed by atoms with Gasteiger partial charge in [0.1, 0.15) is 5.56 Å². The number of nitrogens with zero attached hydrogens (tertiary/aromatic N) is 1. The number of rotatable bonds is 4. The SMILES string of the molecule is O=C(NCCC(=O)N1CCCCC1)c1c[nH]ccc1=O. The lowest BCUT2D eigenvalue weighted by atomic mass is 10.1. The third-order valence-electron chi connectivity index (χ3n) is 3.40. The lowest BCUT2D eigenvalue weighted by molar-refractivity contribution is -0.131. The number of amides is 2. The zero-order valence-electron chi connectivity index (χ0n) is 11.4. The van der Waals surface area contributed by atoms with Gasteiger partial charge in [-0.1, -0.05) is 0 Å². The third-order valence-corrected chi connectivity index (χ3v) is 3.40. The van der Waals surface area contributed by atoms with Crippen LogP contribution in [0.3, 0.4) is 0 Å². The number of likely N-dealkylation sites (tertiary alicyclic amines) is 1. The summed E-state index contributed by atoms with van der Waals surface area (Å²) in [4.78, 5) is 39.6. The van der Waals surface area contributed by atoms with Crippen molar-refractivity contribution in [1.29, 1.82) is 0 Å². The number of pyridine rings is 1. The molecule has 0 unspecified atom stereocenters. The van der Waals surface area contributed by atoms with Crippen LogP contribution in [0.25, 0.3) is 0 Å². The van der Waals surface area contributed by atoms with E-state index in [-0.39, 0.29) is 29.9 Å². The van der Waals surface area contributed by atoms with E-state index in [1.54, 1.807) is 0 Å². The van der Waals surface area contributed by atoms with Gasteiger partial charge in [0.05, 0.1) is 0 Å². The van der Waals surface area contributed by atoms with Crippen LogP contribution in [0.15, 0.2) is 23.3 Å². The van der Waals surface area contributed by atoms with Gasteiger partial charge in [-0.05, 0) is 19.3 Å². The molecule has 108 valence electrons. The van der Waals surface area contributed by atoms with Crippen LogP contribution in [0.4, 0.5) is 0 Å². The molecule has 0 atom stereocenters. The Morgan fingerprint density at radius 3 is 2.70 bits per heavy atom. The van der Waals surface area contributed by atoms with E-state index < -0.39 is 5.91 Å². The average molecular weight is 277 g/mol. The predicted molar refractivity (Wildman–Crippen MR) is 74.4 cm³/mol. The summed E-state index contributed by atoms with van der Waals surface area (Å²) < 4.78 is 0. The monoisotopic (exact) mass is 277 g/mol. The van der Waals surface area contributed by atoms with Crippen LogP contribution < -0.4 is 10.7 Å². The summed E-state index contributed by atoms with van der Waals surface area (Å²) in [5, 5.41) is 2.60. The number of aromatic amines is 1. The Morgan fingerprint density at radius 1 is 1.25 bits per heavy atom. The van der Waals surface area contributed by atoms with Crippen molar-refractivity contribution in [3.63, 3.8) is 0 Å². The molecule has 0 saturated carbocycles. The largest absolute Gasteiger partial charge is 0.367 e. The first kappa shape index (κ1) is 14.3. The highest BCUT2D eigenvalue weighted by Crippen LogP contribution is 2.09. The van der Waals surface area contributed by atoms with Crippen molar-refractivity contribution in [3.8, 4) is 0 Å². The smallest absolute Gasteiger partial charge is 0.256 e. The van der Waals surface area contributed by atoms with E-state index in [1.807, 2.05) is 4.90 Å². The van der Waals surface area contributed by atoms with Gasteiger partial charge in [0.2, 0.25) is 5.91 Å². The van der Waals surface area contributed by atoms with Crippen LogP contribution in [0.1, 0.15) is 36.0 Å². The summed E-state index contributed by atoms with van der Waals surface area (Å²) in [6.45, 7) is 1.87. The van der Waals surface area contributed by atoms with Gasteiger partial charge >= 0.3 is 0 Å². The molecule has 1 fully saturated rings. The molecule has 1 saturated heterocycles. The van der Waals surface area contributed by atoms with E-state index in [1.165, 1.54) is 24.9 Å². The first-order chi connectivity index (χ1) is 9.68. The predicted octanol–water partition coefficient (Wildman–Crippen LogP) is 0.507. The number of hydrogen-bond donors (Lipinski definition) is 2. The van der Waals surface area contributed by atoms with Crippen molar-refractivity contribution in [2.75, 3.05) is 19.6 Å². The van der Waals surface area contributed by atoms with Gasteiger partial charge in [0, 0.05) is 44.5 Å². The minimum Gasteiger partial charge on any atom is -0.367 e. The number of H-pyrrole nitrogens is 1. The van der Waals surface area contributed by atoms with E-state index in [2.05, 4.69) is 10.3 Å². The molecule has 1 aromatic rings. The molecule has 2 rings (SSSR count). The van der Waals surface area contributed by atoms with Gasteiger partial charge in [-0.25, -0.2) is 0 Å². The molecule has 2 N–H and O–H groups in total. The molecule has 6 nitrogen and oxygen atoms in total. The highest BCUT2D eigenvalue weighted by Gasteiger charge is 2.16. The van der Waals surface area contributed by atoms with Gasteiger partial charge in [-0.15, -0.1) is 0 Å². The second-order valence-electron chi connectivity index (χ2n) is 4.87. The molecule has 1 aliphatic heterocycles. The first-order valence-electron chi connectivity index (χ1n) is 6.91. The molecule has 1 aromatic heterocycles. The van der Waals surface area contributed by atoms with Crippen molar-refractivity contribution >= 4 is 11.8 Å².